The molecule has 1 aromatic carbocycles. The lowest BCUT2D eigenvalue weighted by atomic mass is 9.89. The minimum Gasteiger partial charge on any atom is -0.481 e. The normalized spacial score (nSPS) is 18.5. The smallest absolute Gasteiger partial charge is 0.312 e. The van der Waals surface area contributed by atoms with Gasteiger partial charge in [0.25, 0.3) is 0 Å². The summed E-state index contributed by atoms with van der Waals surface area (Å²) in [5.74, 6) is -1.21. The summed E-state index contributed by atoms with van der Waals surface area (Å²) in [7, 11) is 1.92. The monoisotopic (exact) mass is 285 g/mol. The van der Waals surface area contributed by atoms with Crippen LogP contribution in [0.5, 0.6) is 0 Å². The van der Waals surface area contributed by atoms with Crippen molar-refractivity contribution in [3.63, 3.8) is 0 Å². The van der Waals surface area contributed by atoms with Crippen LogP contribution in [0.15, 0.2) is 30.5 Å². The fraction of sp³-hybridized carbons (Fsp3) is 0.375. The Morgan fingerprint density at radius 1 is 1.43 bits per heavy atom. The fourth-order valence-electron chi connectivity index (χ4n) is 2.95. The molecule has 0 amide bonds. The molecule has 0 aliphatic carbocycles. The highest BCUT2D eigenvalue weighted by Crippen LogP contribution is 2.29. The number of benzene rings is 1. The summed E-state index contributed by atoms with van der Waals surface area (Å²) in [6, 6.07) is 7.83. The van der Waals surface area contributed by atoms with Crippen molar-refractivity contribution < 1.29 is 9.90 Å². The van der Waals surface area contributed by atoms with Gasteiger partial charge < -0.3 is 5.11 Å². The molecule has 0 saturated heterocycles. The van der Waals surface area contributed by atoms with Gasteiger partial charge in [-0.25, -0.2) is 0 Å². The van der Waals surface area contributed by atoms with E-state index in [4.69, 9.17) is 0 Å². The molecule has 2 heterocycles. The Labute approximate surface area is 123 Å². The third-order valence-corrected chi connectivity index (χ3v) is 4.29. The standard InChI is InChI=1S/C16H19N3O2/c1-11-13(7-17-18(11)2)9-19-8-12-5-3-4-6-14(12)15(10-19)16(20)21/h3-7,15H,8-10H2,1-2H3,(H,20,21). The SMILES string of the molecule is Cc1c(CN2Cc3ccccc3C(C(=O)O)C2)cnn1C. The number of fused-ring (bicyclic) bond motifs is 1. The Morgan fingerprint density at radius 3 is 2.86 bits per heavy atom. The summed E-state index contributed by atoms with van der Waals surface area (Å²) < 4.78 is 1.85. The maximum Gasteiger partial charge on any atom is 0.312 e. The maximum absolute atomic E-state index is 11.5. The van der Waals surface area contributed by atoms with Crippen LogP contribution >= 0.6 is 0 Å². The van der Waals surface area contributed by atoms with E-state index in [1.165, 1.54) is 0 Å². The molecule has 1 aromatic heterocycles. The quantitative estimate of drug-likeness (QED) is 0.936. The Balaban J connectivity index is 1.86. The first-order valence-electron chi connectivity index (χ1n) is 7.06. The molecule has 21 heavy (non-hydrogen) atoms. The summed E-state index contributed by atoms with van der Waals surface area (Å²) in [5, 5.41) is 13.7. The van der Waals surface area contributed by atoms with Gasteiger partial charge in [-0.05, 0) is 18.1 Å². The van der Waals surface area contributed by atoms with Gasteiger partial charge in [0, 0.05) is 37.9 Å². The summed E-state index contributed by atoms with van der Waals surface area (Å²) in [4.78, 5) is 13.7. The molecule has 0 spiro atoms. The predicted octanol–water partition coefficient (Wildman–Crippen LogP) is 1.91. The third-order valence-electron chi connectivity index (χ3n) is 4.29. The highest BCUT2D eigenvalue weighted by molar-refractivity contribution is 5.77. The second-order valence-electron chi connectivity index (χ2n) is 5.64. The van der Waals surface area contributed by atoms with Crippen molar-refractivity contribution >= 4 is 5.97 Å². The third kappa shape index (κ3) is 2.56. The predicted molar refractivity (Wildman–Crippen MR) is 78.9 cm³/mol. The van der Waals surface area contributed by atoms with E-state index in [9.17, 15) is 9.90 Å². The van der Waals surface area contributed by atoms with E-state index in [-0.39, 0.29) is 0 Å². The van der Waals surface area contributed by atoms with Crippen molar-refractivity contribution in [2.45, 2.75) is 25.9 Å². The van der Waals surface area contributed by atoms with E-state index in [2.05, 4.69) is 10.00 Å². The lowest BCUT2D eigenvalue weighted by molar-refractivity contribution is -0.139. The number of rotatable bonds is 3. The molecular formula is C16H19N3O2. The van der Waals surface area contributed by atoms with Crippen LogP contribution in [0.2, 0.25) is 0 Å². The number of aryl methyl sites for hydroxylation is 1. The zero-order valence-corrected chi connectivity index (χ0v) is 12.3. The second-order valence-corrected chi connectivity index (χ2v) is 5.64. The van der Waals surface area contributed by atoms with E-state index >= 15 is 0 Å². The number of carboxylic acid groups (broad SMARTS) is 1. The van der Waals surface area contributed by atoms with E-state index in [0.717, 1.165) is 35.5 Å². The molecule has 1 aliphatic heterocycles. The summed E-state index contributed by atoms with van der Waals surface area (Å²) >= 11 is 0. The molecule has 1 aliphatic rings. The first-order chi connectivity index (χ1) is 10.1. The van der Waals surface area contributed by atoms with Crippen LogP contribution in [-0.4, -0.2) is 32.3 Å². The number of carboxylic acids is 1. The second kappa shape index (κ2) is 5.33. The molecule has 1 atom stereocenters. The average molecular weight is 285 g/mol. The molecule has 0 bridgehead atoms. The van der Waals surface area contributed by atoms with Gasteiger partial charge in [-0.1, -0.05) is 24.3 Å². The number of hydrogen-bond donors (Lipinski definition) is 1. The van der Waals surface area contributed by atoms with Crippen LogP contribution in [0.4, 0.5) is 0 Å². The Kier molecular flexibility index (Phi) is 3.51. The minimum absolute atomic E-state index is 0.452. The van der Waals surface area contributed by atoms with Gasteiger partial charge in [-0.2, -0.15) is 5.10 Å². The van der Waals surface area contributed by atoms with Crippen LogP contribution in [-0.2, 0) is 24.9 Å². The van der Waals surface area contributed by atoms with Crippen LogP contribution in [0, 0.1) is 6.92 Å². The average Bonchev–Trinajstić information content (AvgIpc) is 2.78. The first kappa shape index (κ1) is 13.8. The van der Waals surface area contributed by atoms with Gasteiger partial charge in [0.1, 0.15) is 0 Å². The van der Waals surface area contributed by atoms with Crippen LogP contribution in [0.25, 0.3) is 0 Å². The number of hydrogen-bond acceptors (Lipinski definition) is 3. The largest absolute Gasteiger partial charge is 0.481 e. The van der Waals surface area contributed by atoms with Gasteiger partial charge in [-0.3, -0.25) is 14.4 Å². The van der Waals surface area contributed by atoms with Crippen molar-refractivity contribution in [1.82, 2.24) is 14.7 Å². The zero-order valence-electron chi connectivity index (χ0n) is 12.3. The highest BCUT2D eigenvalue weighted by Gasteiger charge is 2.30. The lowest BCUT2D eigenvalue weighted by Gasteiger charge is -2.32. The fourth-order valence-corrected chi connectivity index (χ4v) is 2.95. The number of aromatic nitrogens is 2. The molecule has 1 unspecified atom stereocenters. The van der Waals surface area contributed by atoms with Gasteiger partial charge in [0.15, 0.2) is 0 Å². The van der Waals surface area contributed by atoms with Crippen LogP contribution in [0.3, 0.4) is 0 Å². The van der Waals surface area contributed by atoms with Crippen molar-refractivity contribution in [2.24, 2.45) is 7.05 Å². The molecule has 3 rings (SSSR count). The Morgan fingerprint density at radius 2 is 2.19 bits per heavy atom. The summed E-state index contributed by atoms with van der Waals surface area (Å²) in [5.41, 5.74) is 4.34. The van der Waals surface area contributed by atoms with E-state index < -0.39 is 11.9 Å². The van der Waals surface area contributed by atoms with Crippen LogP contribution < -0.4 is 0 Å². The molecular weight excluding hydrogens is 266 g/mol. The zero-order chi connectivity index (χ0) is 15.0. The number of carbonyl (C=O) groups is 1. The van der Waals surface area contributed by atoms with Crippen molar-refractivity contribution in [2.75, 3.05) is 6.54 Å². The van der Waals surface area contributed by atoms with Gasteiger partial charge in [0.05, 0.1) is 12.1 Å². The van der Waals surface area contributed by atoms with Crippen molar-refractivity contribution in [3.8, 4) is 0 Å². The molecule has 5 nitrogen and oxygen atoms in total. The van der Waals surface area contributed by atoms with E-state index in [1.54, 1.807) is 0 Å². The molecule has 1 N–H and O–H groups in total. The molecule has 0 saturated carbocycles. The lowest BCUT2D eigenvalue weighted by Crippen LogP contribution is -2.36. The van der Waals surface area contributed by atoms with Gasteiger partial charge >= 0.3 is 5.97 Å². The number of aliphatic carboxylic acids is 1. The molecule has 0 radical (unpaired) electrons. The van der Waals surface area contributed by atoms with Crippen LogP contribution in [0.1, 0.15) is 28.3 Å². The molecule has 0 fully saturated rings. The van der Waals surface area contributed by atoms with E-state index in [1.807, 2.05) is 49.1 Å². The van der Waals surface area contributed by atoms with Crippen molar-refractivity contribution in [1.29, 1.82) is 0 Å². The van der Waals surface area contributed by atoms with Crippen molar-refractivity contribution in [3.05, 3.63) is 52.8 Å². The highest BCUT2D eigenvalue weighted by atomic mass is 16.4. The summed E-state index contributed by atoms with van der Waals surface area (Å²) in [6.07, 6.45) is 1.87. The topological polar surface area (TPSA) is 58.4 Å². The molecule has 5 heteroatoms. The van der Waals surface area contributed by atoms with E-state index in [0.29, 0.717) is 6.54 Å². The first-order valence-corrected chi connectivity index (χ1v) is 7.06. The number of nitrogens with zero attached hydrogens (tertiary/aromatic N) is 3. The Bertz CT molecular complexity index is 678. The van der Waals surface area contributed by atoms with Gasteiger partial charge in [0.2, 0.25) is 0 Å². The maximum atomic E-state index is 11.5. The Hall–Kier alpha value is -2.14. The van der Waals surface area contributed by atoms with Gasteiger partial charge in [-0.15, -0.1) is 0 Å². The summed E-state index contributed by atoms with van der Waals surface area (Å²) in [6.45, 7) is 4.10. The molecule has 2 aromatic rings. The molecule has 110 valence electrons. The minimum atomic E-state index is -0.755.